The molecule has 6 nitrogen and oxygen atoms in total. The molecule has 27 heavy (non-hydrogen) atoms. The first kappa shape index (κ1) is 17.5. The van der Waals surface area contributed by atoms with E-state index in [9.17, 15) is 4.79 Å². The van der Waals surface area contributed by atoms with Crippen molar-refractivity contribution in [2.24, 2.45) is 0 Å². The molecule has 0 spiro atoms. The van der Waals surface area contributed by atoms with E-state index in [0.717, 1.165) is 16.7 Å². The van der Waals surface area contributed by atoms with Crippen molar-refractivity contribution in [3.63, 3.8) is 0 Å². The van der Waals surface area contributed by atoms with E-state index in [-0.39, 0.29) is 10.8 Å². The van der Waals surface area contributed by atoms with Crippen molar-refractivity contribution in [3.8, 4) is 5.69 Å². The summed E-state index contributed by atoms with van der Waals surface area (Å²) in [7, 11) is 0. The highest BCUT2D eigenvalue weighted by atomic mass is 32.2. The average molecular weight is 377 g/mol. The maximum atomic E-state index is 12.3. The number of thioether (sulfide) groups is 1. The van der Waals surface area contributed by atoms with Gasteiger partial charge < -0.3 is 4.98 Å². The monoisotopic (exact) mass is 377 g/mol. The number of aromatic nitrogens is 5. The molecular weight excluding hydrogens is 358 g/mol. The second kappa shape index (κ2) is 7.00. The summed E-state index contributed by atoms with van der Waals surface area (Å²) in [5.41, 5.74) is 2.76. The molecule has 136 valence electrons. The Kier molecular flexibility index (Phi) is 4.53. The summed E-state index contributed by atoms with van der Waals surface area (Å²) in [6, 6.07) is 15.6. The zero-order valence-electron chi connectivity index (χ0n) is 15.3. The minimum atomic E-state index is -0.126. The molecule has 0 bridgehead atoms. The number of rotatable bonds is 4. The quantitative estimate of drug-likeness (QED) is 0.545. The van der Waals surface area contributed by atoms with Crippen LogP contribution in [0.1, 0.15) is 29.4 Å². The van der Waals surface area contributed by atoms with Crippen LogP contribution in [0, 0.1) is 13.8 Å². The van der Waals surface area contributed by atoms with Gasteiger partial charge in [-0.3, -0.25) is 9.36 Å². The van der Waals surface area contributed by atoms with E-state index >= 15 is 0 Å². The van der Waals surface area contributed by atoms with E-state index < -0.39 is 0 Å². The molecule has 0 aliphatic heterocycles. The predicted octanol–water partition coefficient (Wildman–Crippen LogP) is 3.97. The average Bonchev–Trinajstić information content (AvgIpc) is 3.02. The number of H-pyrrole nitrogens is 1. The molecule has 1 atom stereocenters. The molecule has 0 unspecified atom stereocenters. The maximum absolute atomic E-state index is 12.3. The molecule has 0 radical (unpaired) electrons. The van der Waals surface area contributed by atoms with Crippen molar-refractivity contribution in [2.75, 3.05) is 0 Å². The summed E-state index contributed by atoms with van der Waals surface area (Å²) in [5, 5.41) is 9.84. The van der Waals surface area contributed by atoms with Crippen LogP contribution in [0.15, 0.2) is 58.5 Å². The van der Waals surface area contributed by atoms with Gasteiger partial charge in [0.15, 0.2) is 5.16 Å². The molecule has 0 saturated carbocycles. The van der Waals surface area contributed by atoms with Crippen molar-refractivity contribution < 1.29 is 0 Å². The van der Waals surface area contributed by atoms with Crippen LogP contribution in [0.2, 0.25) is 0 Å². The summed E-state index contributed by atoms with van der Waals surface area (Å²) in [5.74, 6) is 1.44. The largest absolute Gasteiger partial charge is 0.309 e. The Bertz CT molecular complexity index is 1180. The van der Waals surface area contributed by atoms with Gasteiger partial charge in [0.1, 0.15) is 11.6 Å². The summed E-state index contributed by atoms with van der Waals surface area (Å²) in [4.78, 5) is 19.9. The van der Waals surface area contributed by atoms with Crippen LogP contribution in [0.5, 0.6) is 0 Å². The predicted molar refractivity (Wildman–Crippen MR) is 107 cm³/mol. The number of aryl methyl sites for hydroxylation is 2. The number of hydrogen-bond donors (Lipinski definition) is 1. The van der Waals surface area contributed by atoms with Crippen molar-refractivity contribution in [2.45, 2.75) is 31.2 Å². The Balaban J connectivity index is 1.70. The van der Waals surface area contributed by atoms with Gasteiger partial charge in [-0.25, -0.2) is 4.98 Å². The normalized spacial score (nSPS) is 12.4. The lowest BCUT2D eigenvalue weighted by Gasteiger charge is -2.13. The number of fused-ring (bicyclic) bond motifs is 1. The fourth-order valence-electron chi connectivity index (χ4n) is 2.99. The van der Waals surface area contributed by atoms with Crippen LogP contribution in [-0.2, 0) is 0 Å². The number of aromatic amines is 1. The van der Waals surface area contributed by atoms with E-state index in [0.29, 0.717) is 16.7 Å². The minimum Gasteiger partial charge on any atom is -0.309 e. The highest BCUT2D eigenvalue weighted by Crippen LogP contribution is 2.33. The zero-order chi connectivity index (χ0) is 19.0. The van der Waals surface area contributed by atoms with E-state index in [1.807, 2.05) is 48.7 Å². The molecule has 4 aromatic rings. The molecule has 7 heteroatoms. The van der Waals surface area contributed by atoms with Crippen LogP contribution < -0.4 is 5.56 Å². The first-order valence-corrected chi connectivity index (χ1v) is 9.55. The molecule has 0 aliphatic rings. The third-order valence-electron chi connectivity index (χ3n) is 4.35. The van der Waals surface area contributed by atoms with E-state index in [1.54, 1.807) is 6.07 Å². The van der Waals surface area contributed by atoms with Gasteiger partial charge in [0.2, 0.25) is 0 Å². The summed E-state index contributed by atoms with van der Waals surface area (Å²) in [6.07, 6.45) is 0. The minimum absolute atomic E-state index is 0.0885. The topological polar surface area (TPSA) is 76.5 Å². The first-order valence-electron chi connectivity index (χ1n) is 8.67. The Hall–Kier alpha value is -2.93. The maximum Gasteiger partial charge on any atom is 0.258 e. The molecule has 2 aromatic heterocycles. The van der Waals surface area contributed by atoms with Crippen molar-refractivity contribution in [1.82, 2.24) is 24.7 Å². The molecule has 1 N–H and O–H groups in total. The van der Waals surface area contributed by atoms with Crippen LogP contribution in [0.4, 0.5) is 0 Å². The standard InChI is InChI=1S/C20H19N5OS/c1-12-7-6-8-15(11-12)25-14(3)23-24-20(25)27-13(2)18-21-17-10-5-4-9-16(17)19(26)22-18/h4-11,13H,1-3H3,(H,21,22,26)/t13-/m1/s1. The Morgan fingerprint density at radius 1 is 1.07 bits per heavy atom. The zero-order valence-corrected chi connectivity index (χ0v) is 16.1. The van der Waals surface area contributed by atoms with Gasteiger partial charge in [-0.1, -0.05) is 36.0 Å². The van der Waals surface area contributed by atoms with Crippen LogP contribution in [0.25, 0.3) is 16.6 Å². The fourth-order valence-corrected chi connectivity index (χ4v) is 3.96. The fraction of sp³-hybridized carbons (Fsp3) is 0.200. The highest BCUT2D eigenvalue weighted by Gasteiger charge is 2.18. The van der Waals surface area contributed by atoms with Crippen molar-refractivity contribution in [1.29, 1.82) is 0 Å². The SMILES string of the molecule is Cc1cccc(-n2c(C)nnc2S[C@H](C)c2nc3ccccc3c(=O)[nH]2)c1. The van der Waals surface area contributed by atoms with Crippen LogP contribution in [0.3, 0.4) is 0 Å². The third-order valence-corrected chi connectivity index (χ3v) is 5.41. The van der Waals surface area contributed by atoms with E-state index in [2.05, 4.69) is 39.2 Å². The van der Waals surface area contributed by atoms with Gasteiger partial charge in [0.25, 0.3) is 5.56 Å². The summed E-state index contributed by atoms with van der Waals surface area (Å²) < 4.78 is 2.02. The van der Waals surface area contributed by atoms with Crippen molar-refractivity contribution >= 4 is 22.7 Å². The molecule has 4 rings (SSSR count). The van der Waals surface area contributed by atoms with E-state index in [1.165, 1.54) is 17.3 Å². The van der Waals surface area contributed by atoms with Crippen LogP contribution >= 0.6 is 11.8 Å². The first-order chi connectivity index (χ1) is 13.0. The molecular formula is C20H19N5OS. The number of benzene rings is 2. The second-order valence-electron chi connectivity index (χ2n) is 6.43. The molecule has 0 fully saturated rings. The smallest absolute Gasteiger partial charge is 0.258 e. The van der Waals surface area contributed by atoms with Crippen LogP contribution in [-0.4, -0.2) is 24.7 Å². The second-order valence-corrected chi connectivity index (χ2v) is 7.74. The molecule has 2 heterocycles. The number of para-hydroxylation sites is 1. The Morgan fingerprint density at radius 3 is 2.70 bits per heavy atom. The van der Waals surface area contributed by atoms with Gasteiger partial charge in [-0.15, -0.1) is 10.2 Å². The molecule has 0 amide bonds. The lowest BCUT2D eigenvalue weighted by molar-refractivity contribution is 0.850. The van der Waals surface area contributed by atoms with E-state index in [4.69, 9.17) is 0 Å². The van der Waals surface area contributed by atoms with Gasteiger partial charge >= 0.3 is 0 Å². The van der Waals surface area contributed by atoms with Gasteiger partial charge in [0, 0.05) is 5.69 Å². The third kappa shape index (κ3) is 3.38. The summed E-state index contributed by atoms with van der Waals surface area (Å²) >= 11 is 1.52. The molecule has 2 aromatic carbocycles. The lowest BCUT2D eigenvalue weighted by atomic mass is 10.2. The Morgan fingerprint density at radius 2 is 1.89 bits per heavy atom. The molecule has 0 aliphatic carbocycles. The number of hydrogen-bond acceptors (Lipinski definition) is 5. The summed E-state index contributed by atoms with van der Waals surface area (Å²) in [6.45, 7) is 5.99. The van der Waals surface area contributed by atoms with Crippen molar-refractivity contribution in [3.05, 3.63) is 76.1 Å². The number of nitrogens with one attached hydrogen (secondary N) is 1. The lowest BCUT2D eigenvalue weighted by Crippen LogP contribution is -2.13. The number of nitrogens with zero attached hydrogens (tertiary/aromatic N) is 4. The highest BCUT2D eigenvalue weighted by molar-refractivity contribution is 7.99. The Labute approximate surface area is 160 Å². The molecule has 0 saturated heterocycles. The van der Waals surface area contributed by atoms with Gasteiger partial charge in [-0.05, 0) is 50.6 Å². The van der Waals surface area contributed by atoms with Gasteiger partial charge in [0.05, 0.1) is 16.2 Å². The van der Waals surface area contributed by atoms with Gasteiger partial charge in [-0.2, -0.15) is 0 Å².